The molecule has 16 heavy (non-hydrogen) atoms. The third kappa shape index (κ3) is 5.08. The van der Waals surface area contributed by atoms with Crippen LogP contribution in [-0.2, 0) is 13.1 Å². The maximum absolute atomic E-state index is 3.53. The lowest BCUT2D eigenvalue weighted by molar-refractivity contribution is 0.416. The average molecular weight is 240 g/mol. The van der Waals surface area contributed by atoms with Crippen molar-refractivity contribution in [3.05, 3.63) is 24.0 Å². The van der Waals surface area contributed by atoms with Crippen molar-refractivity contribution >= 4 is 11.8 Å². The van der Waals surface area contributed by atoms with E-state index in [1.54, 1.807) is 0 Å². The Balaban J connectivity index is 2.44. The first kappa shape index (κ1) is 13.7. The minimum Gasteiger partial charge on any atom is -0.349 e. The van der Waals surface area contributed by atoms with Gasteiger partial charge in [0.15, 0.2) is 0 Å². The fourth-order valence-electron chi connectivity index (χ4n) is 1.49. The van der Waals surface area contributed by atoms with Crippen LogP contribution in [0.4, 0.5) is 0 Å². The third-order valence-corrected chi connectivity index (χ3v) is 3.28. The monoisotopic (exact) mass is 240 g/mol. The van der Waals surface area contributed by atoms with E-state index >= 15 is 0 Å². The van der Waals surface area contributed by atoms with Crippen LogP contribution in [0.1, 0.15) is 33.4 Å². The highest BCUT2D eigenvalue weighted by Gasteiger charge is 2.09. The molecule has 0 radical (unpaired) electrons. The van der Waals surface area contributed by atoms with Crippen LogP contribution in [0.25, 0.3) is 0 Å². The number of rotatable bonds is 6. The van der Waals surface area contributed by atoms with Gasteiger partial charge in [-0.2, -0.15) is 11.8 Å². The van der Waals surface area contributed by atoms with Crippen LogP contribution < -0.4 is 5.32 Å². The maximum atomic E-state index is 3.53. The van der Waals surface area contributed by atoms with Crippen molar-refractivity contribution in [1.82, 2.24) is 9.88 Å². The molecule has 0 bridgehead atoms. The second-order valence-electron chi connectivity index (χ2n) is 4.99. The highest BCUT2D eigenvalue weighted by Crippen LogP contribution is 2.08. The molecule has 0 fully saturated rings. The number of nitrogens with zero attached hydrogens (tertiary/aromatic N) is 1. The van der Waals surface area contributed by atoms with E-state index in [9.17, 15) is 0 Å². The van der Waals surface area contributed by atoms with Gasteiger partial charge in [0.2, 0.25) is 0 Å². The van der Waals surface area contributed by atoms with Gasteiger partial charge < -0.3 is 9.88 Å². The van der Waals surface area contributed by atoms with Crippen molar-refractivity contribution in [2.24, 2.45) is 0 Å². The first-order valence-corrected chi connectivity index (χ1v) is 7.15. The zero-order valence-corrected chi connectivity index (χ0v) is 11.7. The Labute approximate surface area is 104 Å². The van der Waals surface area contributed by atoms with Gasteiger partial charge in [0.1, 0.15) is 0 Å². The molecule has 1 rings (SSSR count). The summed E-state index contributed by atoms with van der Waals surface area (Å²) in [5.41, 5.74) is 1.57. The lowest BCUT2D eigenvalue weighted by atomic mass is 10.1. The summed E-state index contributed by atoms with van der Waals surface area (Å²) in [6.45, 7) is 10.9. The molecule has 0 spiro atoms. The first-order chi connectivity index (χ1) is 7.53. The summed E-state index contributed by atoms with van der Waals surface area (Å²) < 4.78 is 2.35. The van der Waals surface area contributed by atoms with Crippen LogP contribution in [0, 0.1) is 0 Å². The summed E-state index contributed by atoms with van der Waals surface area (Å²) in [6, 6.07) is 4.34. The van der Waals surface area contributed by atoms with Gasteiger partial charge in [0.25, 0.3) is 0 Å². The number of aryl methyl sites for hydroxylation is 1. The molecule has 0 unspecified atom stereocenters. The molecule has 0 aliphatic carbocycles. The summed E-state index contributed by atoms with van der Waals surface area (Å²) in [7, 11) is 0. The van der Waals surface area contributed by atoms with E-state index in [-0.39, 0.29) is 5.54 Å². The molecule has 92 valence electrons. The van der Waals surface area contributed by atoms with Crippen molar-refractivity contribution in [2.75, 3.05) is 11.5 Å². The Kier molecular flexibility index (Phi) is 5.42. The Morgan fingerprint density at radius 1 is 1.38 bits per heavy atom. The molecule has 2 nitrogen and oxygen atoms in total. The molecule has 0 aliphatic rings. The van der Waals surface area contributed by atoms with Gasteiger partial charge in [0.05, 0.1) is 0 Å². The van der Waals surface area contributed by atoms with Crippen LogP contribution in [0.5, 0.6) is 0 Å². The topological polar surface area (TPSA) is 17.0 Å². The maximum Gasteiger partial charge on any atom is 0.0363 e. The molecule has 0 aromatic carbocycles. The highest BCUT2D eigenvalue weighted by molar-refractivity contribution is 7.99. The van der Waals surface area contributed by atoms with Crippen LogP contribution >= 0.6 is 11.8 Å². The van der Waals surface area contributed by atoms with E-state index in [1.807, 2.05) is 11.8 Å². The smallest absolute Gasteiger partial charge is 0.0363 e. The average Bonchev–Trinajstić information content (AvgIpc) is 2.62. The predicted octanol–water partition coefficient (Wildman–Crippen LogP) is 3.13. The molecule has 0 saturated carbocycles. The number of thioether (sulfide) groups is 1. The van der Waals surface area contributed by atoms with Gasteiger partial charge in [-0.3, -0.25) is 0 Å². The minimum absolute atomic E-state index is 0.188. The van der Waals surface area contributed by atoms with Crippen LogP contribution in [0.15, 0.2) is 18.3 Å². The molecule has 0 amide bonds. The van der Waals surface area contributed by atoms with E-state index in [4.69, 9.17) is 0 Å². The summed E-state index contributed by atoms with van der Waals surface area (Å²) in [4.78, 5) is 0. The molecule has 0 aliphatic heterocycles. The number of hydrogen-bond acceptors (Lipinski definition) is 2. The quantitative estimate of drug-likeness (QED) is 0.769. The Morgan fingerprint density at radius 3 is 2.75 bits per heavy atom. The summed E-state index contributed by atoms with van der Waals surface area (Å²) in [5, 5.41) is 3.53. The second-order valence-corrected chi connectivity index (χ2v) is 6.39. The normalized spacial score (nSPS) is 12.0. The van der Waals surface area contributed by atoms with E-state index in [1.165, 1.54) is 17.2 Å². The van der Waals surface area contributed by atoms with Crippen molar-refractivity contribution in [1.29, 1.82) is 0 Å². The standard InChI is InChI=1S/C13H24N2S/c1-5-16-10-9-15-8-6-7-12(15)11-14-13(2,3)4/h6-8,14H,5,9-11H2,1-4H3. The number of nitrogens with one attached hydrogen (secondary N) is 1. The molecule has 0 saturated heterocycles. The second kappa shape index (κ2) is 6.36. The lowest BCUT2D eigenvalue weighted by Gasteiger charge is -2.21. The minimum atomic E-state index is 0.188. The lowest BCUT2D eigenvalue weighted by Crippen LogP contribution is -2.35. The van der Waals surface area contributed by atoms with Crippen LogP contribution in [0.3, 0.4) is 0 Å². The van der Waals surface area contributed by atoms with E-state index in [0.717, 1.165) is 13.1 Å². The van der Waals surface area contributed by atoms with Crippen molar-refractivity contribution in [3.8, 4) is 0 Å². The summed E-state index contributed by atoms with van der Waals surface area (Å²) >= 11 is 2.00. The zero-order chi connectivity index (χ0) is 12.0. The van der Waals surface area contributed by atoms with Gasteiger partial charge >= 0.3 is 0 Å². The molecule has 3 heteroatoms. The van der Waals surface area contributed by atoms with Crippen molar-refractivity contribution in [3.63, 3.8) is 0 Å². The summed E-state index contributed by atoms with van der Waals surface area (Å²) in [5.74, 6) is 2.41. The zero-order valence-electron chi connectivity index (χ0n) is 10.9. The van der Waals surface area contributed by atoms with E-state index in [0.29, 0.717) is 0 Å². The summed E-state index contributed by atoms with van der Waals surface area (Å²) in [6.07, 6.45) is 2.18. The Morgan fingerprint density at radius 2 is 2.12 bits per heavy atom. The number of aromatic nitrogens is 1. The number of hydrogen-bond donors (Lipinski definition) is 1. The van der Waals surface area contributed by atoms with Gasteiger partial charge in [-0.25, -0.2) is 0 Å². The van der Waals surface area contributed by atoms with Gasteiger partial charge in [-0.15, -0.1) is 0 Å². The SMILES string of the molecule is CCSCCn1cccc1CNC(C)(C)C. The van der Waals surface area contributed by atoms with Crippen molar-refractivity contribution in [2.45, 2.75) is 46.3 Å². The molecular formula is C13H24N2S. The van der Waals surface area contributed by atoms with Crippen LogP contribution in [-0.4, -0.2) is 21.6 Å². The first-order valence-electron chi connectivity index (χ1n) is 5.99. The van der Waals surface area contributed by atoms with Gasteiger partial charge in [-0.1, -0.05) is 6.92 Å². The molecular weight excluding hydrogens is 216 g/mol. The van der Waals surface area contributed by atoms with E-state index in [2.05, 4.69) is 55.9 Å². The fraction of sp³-hybridized carbons (Fsp3) is 0.692. The highest BCUT2D eigenvalue weighted by atomic mass is 32.2. The predicted molar refractivity (Wildman–Crippen MR) is 74.0 cm³/mol. The Bertz CT molecular complexity index is 299. The Hall–Kier alpha value is -0.410. The fourth-order valence-corrected chi connectivity index (χ4v) is 2.11. The molecule has 0 atom stereocenters. The van der Waals surface area contributed by atoms with Gasteiger partial charge in [-0.05, 0) is 38.7 Å². The molecule has 1 N–H and O–H groups in total. The van der Waals surface area contributed by atoms with Gasteiger partial charge in [0, 0.05) is 36.3 Å². The van der Waals surface area contributed by atoms with E-state index < -0.39 is 0 Å². The molecule has 1 heterocycles. The molecule has 1 aromatic heterocycles. The third-order valence-electron chi connectivity index (χ3n) is 2.40. The van der Waals surface area contributed by atoms with Crippen molar-refractivity contribution < 1.29 is 0 Å². The largest absolute Gasteiger partial charge is 0.349 e. The van der Waals surface area contributed by atoms with Crippen LogP contribution in [0.2, 0.25) is 0 Å². The molecule has 1 aromatic rings.